The predicted octanol–water partition coefficient (Wildman–Crippen LogP) is 3.29. The number of nitrogens with zero attached hydrogens (tertiary/aromatic N) is 1. The molecule has 0 unspecified atom stereocenters. The molecule has 1 aromatic carbocycles. The molecule has 94 valence electrons. The molecule has 1 rings (SSSR count). The Morgan fingerprint density at radius 2 is 2.29 bits per heavy atom. The van der Waals surface area contributed by atoms with Crippen LogP contribution >= 0.6 is 11.8 Å². The summed E-state index contributed by atoms with van der Waals surface area (Å²) in [6, 6.07) is 3.56. The summed E-state index contributed by atoms with van der Waals surface area (Å²) in [7, 11) is 0. The van der Waals surface area contributed by atoms with Crippen LogP contribution in [0, 0.1) is 15.9 Å². The number of hydrogen-bond donors (Lipinski definition) is 1. The molecule has 0 bridgehead atoms. The molecule has 17 heavy (non-hydrogen) atoms. The Kier molecular flexibility index (Phi) is 5.76. The van der Waals surface area contributed by atoms with Gasteiger partial charge >= 0.3 is 0 Å². The van der Waals surface area contributed by atoms with E-state index in [0.29, 0.717) is 12.2 Å². The maximum Gasteiger partial charge on any atom is 0.295 e. The van der Waals surface area contributed by atoms with Crippen molar-refractivity contribution < 1.29 is 9.31 Å². The predicted molar refractivity (Wildman–Crippen MR) is 69.2 cm³/mol. The Balaban J connectivity index is 2.55. The highest BCUT2D eigenvalue weighted by molar-refractivity contribution is 7.99. The van der Waals surface area contributed by atoms with Gasteiger partial charge in [-0.2, -0.15) is 11.8 Å². The summed E-state index contributed by atoms with van der Waals surface area (Å²) in [6.07, 6.45) is 0.924. The second kappa shape index (κ2) is 7.11. The van der Waals surface area contributed by atoms with Gasteiger partial charge in [0.2, 0.25) is 0 Å². The SMILES string of the molecule is CCSCCCNc1ccc(F)cc1[N+](=O)[O-]. The molecule has 0 atom stereocenters. The quantitative estimate of drug-likeness (QED) is 0.463. The van der Waals surface area contributed by atoms with E-state index in [4.69, 9.17) is 0 Å². The van der Waals surface area contributed by atoms with E-state index in [1.54, 1.807) is 0 Å². The Morgan fingerprint density at radius 1 is 1.53 bits per heavy atom. The minimum Gasteiger partial charge on any atom is -0.379 e. The van der Waals surface area contributed by atoms with E-state index in [1.807, 2.05) is 11.8 Å². The number of thioether (sulfide) groups is 1. The van der Waals surface area contributed by atoms with E-state index in [0.717, 1.165) is 24.0 Å². The van der Waals surface area contributed by atoms with Gasteiger partial charge in [-0.15, -0.1) is 0 Å². The third-order valence-corrected chi connectivity index (χ3v) is 3.13. The molecule has 1 aromatic rings. The van der Waals surface area contributed by atoms with Crippen LogP contribution in [0.25, 0.3) is 0 Å². The number of anilines is 1. The number of nitro benzene ring substituents is 1. The smallest absolute Gasteiger partial charge is 0.295 e. The maximum absolute atomic E-state index is 12.9. The lowest BCUT2D eigenvalue weighted by Crippen LogP contribution is -2.05. The number of nitro groups is 1. The van der Waals surface area contributed by atoms with Crippen LogP contribution in [-0.2, 0) is 0 Å². The van der Waals surface area contributed by atoms with Crippen LogP contribution in [0.5, 0.6) is 0 Å². The zero-order valence-corrected chi connectivity index (χ0v) is 10.4. The van der Waals surface area contributed by atoms with Crippen molar-refractivity contribution in [2.45, 2.75) is 13.3 Å². The average molecular weight is 258 g/mol. The van der Waals surface area contributed by atoms with Gasteiger partial charge in [-0.05, 0) is 30.1 Å². The minimum absolute atomic E-state index is 0.215. The van der Waals surface area contributed by atoms with E-state index in [9.17, 15) is 14.5 Å². The zero-order chi connectivity index (χ0) is 12.7. The summed E-state index contributed by atoms with van der Waals surface area (Å²) < 4.78 is 12.9. The molecule has 0 aromatic heterocycles. The molecule has 0 spiro atoms. The van der Waals surface area contributed by atoms with Gasteiger partial charge in [0.05, 0.1) is 11.0 Å². The summed E-state index contributed by atoms with van der Waals surface area (Å²) in [5.74, 6) is 1.48. The lowest BCUT2D eigenvalue weighted by Gasteiger charge is -2.06. The number of benzene rings is 1. The first-order chi connectivity index (χ1) is 8.15. The molecule has 4 nitrogen and oxygen atoms in total. The van der Waals surface area contributed by atoms with Crippen molar-refractivity contribution >= 4 is 23.1 Å². The van der Waals surface area contributed by atoms with Crippen LogP contribution in [0.1, 0.15) is 13.3 Å². The molecule has 0 fully saturated rings. The van der Waals surface area contributed by atoms with Crippen molar-refractivity contribution in [1.29, 1.82) is 0 Å². The number of halogens is 1. The van der Waals surface area contributed by atoms with Gasteiger partial charge in [0.25, 0.3) is 5.69 Å². The summed E-state index contributed by atoms with van der Waals surface area (Å²) in [4.78, 5) is 10.1. The van der Waals surface area contributed by atoms with Gasteiger partial charge in [0.15, 0.2) is 0 Å². The Bertz CT molecular complexity index is 388. The molecule has 0 amide bonds. The van der Waals surface area contributed by atoms with E-state index < -0.39 is 10.7 Å². The molecule has 0 aliphatic heterocycles. The molecule has 1 N–H and O–H groups in total. The van der Waals surface area contributed by atoms with Crippen molar-refractivity contribution in [1.82, 2.24) is 0 Å². The van der Waals surface area contributed by atoms with Gasteiger partial charge < -0.3 is 5.32 Å². The Hall–Kier alpha value is -1.30. The van der Waals surface area contributed by atoms with Gasteiger partial charge in [-0.25, -0.2) is 4.39 Å². The van der Waals surface area contributed by atoms with E-state index in [-0.39, 0.29) is 5.69 Å². The highest BCUT2D eigenvalue weighted by Crippen LogP contribution is 2.24. The second-order valence-electron chi connectivity index (χ2n) is 3.40. The molecule has 0 saturated heterocycles. The first-order valence-corrected chi connectivity index (χ1v) is 6.56. The lowest BCUT2D eigenvalue weighted by molar-refractivity contribution is -0.384. The van der Waals surface area contributed by atoms with Gasteiger partial charge in [-0.3, -0.25) is 10.1 Å². The van der Waals surface area contributed by atoms with Crippen LogP contribution in [0.4, 0.5) is 15.8 Å². The highest BCUT2D eigenvalue weighted by atomic mass is 32.2. The number of rotatable bonds is 7. The Morgan fingerprint density at radius 3 is 2.94 bits per heavy atom. The summed E-state index contributed by atoms with van der Waals surface area (Å²) in [6.45, 7) is 2.74. The van der Waals surface area contributed by atoms with Crippen LogP contribution < -0.4 is 5.32 Å². The van der Waals surface area contributed by atoms with E-state index >= 15 is 0 Å². The molecule has 0 aliphatic carbocycles. The van der Waals surface area contributed by atoms with Crippen molar-refractivity contribution in [2.75, 3.05) is 23.4 Å². The van der Waals surface area contributed by atoms with Gasteiger partial charge in [0.1, 0.15) is 11.5 Å². The van der Waals surface area contributed by atoms with Crippen LogP contribution in [0.3, 0.4) is 0 Å². The average Bonchev–Trinajstić information content (AvgIpc) is 2.30. The first kappa shape index (κ1) is 13.8. The second-order valence-corrected chi connectivity index (χ2v) is 4.79. The van der Waals surface area contributed by atoms with E-state index in [1.165, 1.54) is 12.1 Å². The van der Waals surface area contributed by atoms with Crippen molar-refractivity contribution in [2.24, 2.45) is 0 Å². The minimum atomic E-state index is -0.594. The standard InChI is InChI=1S/C11H15FN2O2S/c1-2-17-7-3-6-13-10-5-4-9(12)8-11(10)14(15)16/h4-5,8,13H,2-3,6-7H2,1H3. The molecular weight excluding hydrogens is 243 g/mol. The fourth-order valence-electron chi connectivity index (χ4n) is 1.35. The molecule has 0 saturated carbocycles. The van der Waals surface area contributed by atoms with Crippen molar-refractivity contribution in [3.8, 4) is 0 Å². The summed E-state index contributed by atoms with van der Waals surface area (Å²) in [5, 5.41) is 13.7. The van der Waals surface area contributed by atoms with Crippen LogP contribution in [-0.4, -0.2) is 23.0 Å². The van der Waals surface area contributed by atoms with Crippen LogP contribution in [0.2, 0.25) is 0 Å². The van der Waals surface area contributed by atoms with Crippen molar-refractivity contribution in [3.05, 3.63) is 34.1 Å². The molecule has 0 radical (unpaired) electrons. The van der Waals surface area contributed by atoms with E-state index in [2.05, 4.69) is 12.2 Å². The summed E-state index contributed by atoms with van der Waals surface area (Å²) in [5.41, 5.74) is 0.158. The van der Waals surface area contributed by atoms with Gasteiger partial charge in [-0.1, -0.05) is 6.92 Å². The van der Waals surface area contributed by atoms with Gasteiger partial charge in [0, 0.05) is 6.54 Å². The molecule has 0 aliphatic rings. The number of nitrogens with one attached hydrogen (secondary N) is 1. The summed E-state index contributed by atoms with van der Waals surface area (Å²) >= 11 is 1.82. The van der Waals surface area contributed by atoms with Crippen molar-refractivity contribution in [3.63, 3.8) is 0 Å². The fraction of sp³-hybridized carbons (Fsp3) is 0.455. The first-order valence-electron chi connectivity index (χ1n) is 5.40. The third kappa shape index (κ3) is 4.60. The maximum atomic E-state index is 12.9. The third-order valence-electron chi connectivity index (χ3n) is 2.14. The topological polar surface area (TPSA) is 55.2 Å². The largest absolute Gasteiger partial charge is 0.379 e. The zero-order valence-electron chi connectivity index (χ0n) is 9.61. The molecule has 6 heteroatoms. The van der Waals surface area contributed by atoms with Crippen LogP contribution in [0.15, 0.2) is 18.2 Å². The Labute approximate surface area is 104 Å². The fourth-order valence-corrected chi connectivity index (χ4v) is 1.98. The molecular formula is C11H15FN2O2S. The number of hydrogen-bond acceptors (Lipinski definition) is 4. The lowest BCUT2D eigenvalue weighted by atomic mass is 10.2. The molecule has 0 heterocycles. The monoisotopic (exact) mass is 258 g/mol. The highest BCUT2D eigenvalue weighted by Gasteiger charge is 2.13. The normalized spacial score (nSPS) is 10.2.